The highest BCUT2D eigenvalue weighted by molar-refractivity contribution is 6.34. The molecule has 0 unspecified atom stereocenters. The number of nitrogens with one attached hydrogen (secondary N) is 1. The molecule has 3 amide bonds. The summed E-state index contributed by atoms with van der Waals surface area (Å²) in [5.74, 6) is -0.232. The van der Waals surface area contributed by atoms with Gasteiger partial charge in [-0.2, -0.15) is 0 Å². The van der Waals surface area contributed by atoms with Crippen molar-refractivity contribution in [2.24, 2.45) is 0 Å². The molecule has 2 heterocycles. The Morgan fingerprint density at radius 1 is 1.07 bits per heavy atom. The van der Waals surface area contributed by atoms with Crippen molar-refractivity contribution in [1.82, 2.24) is 4.90 Å². The molecule has 0 radical (unpaired) electrons. The van der Waals surface area contributed by atoms with Crippen LogP contribution in [0.1, 0.15) is 22.5 Å². The summed E-state index contributed by atoms with van der Waals surface area (Å²) in [5.41, 5.74) is 2.05. The molecule has 0 atom stereocenters. The minimum atomic E-state index is -0.411. The molecule has 30 heavy (non-hydrogen) atoms. The first-order valence-corrected chi connectivity index (χ1v) is 10.2. The lowest BCUT2D eigenvalue weighted by atomic mass is 10.1. The lowest BCUT2D eigenvalue weighted by molar-refractivity contribution is 0.0996. The molecule has 2 aromatic carbocycles. The van der Waals surface area contributed by atoms with E-state index in [1.54, 1.807) is 40.1 Å². The topological polar surface area (TPSA) is 65.8 Å². The number of furan rings is 1. The summed E-state index contributed by atoms with van der Waals surface area (Å²) in [4.78, 5) is 28.9. The highest BCUT2D eigenvalue weighted by atomic mass is 35.5. The van der Waals surface area contributed by atoms with Crippen LogP contribution < -0.4 is 10.2 Å². The third-order valence-corrected chi connectivity index (χ3v) is 5.39. The first-order chi connectivity index (χ1) is 14.5. The molecule has 1 aliphatic heterocycles. The summed E-state index contributed by atoms with van der Waals surface area (Å²) in [6.45, 7) is 1.72. The van der Waals surface area contributed by atoms with Crippen LogP contribution in [0.4, 0.5) is 16.2 Å². The fraction of sp³-hybridized carbons (Fsp3) is 0.182. The van der Waals surface area contributed by atoms with Crippen LogP contribution in [0.15, 0.2) is 65.3 Å². The molecule has 8 heteroatoms. The number of carbonyl (C=O) groups excluding carboxylic acids is 2. The molecule has 0 aliphatic carbocycles. The second-order valence-corrected chi connectivity index (χ2v) is 7.78. The van der Waals surface area contributed by atoms with Gasteiger partial charge in [0, 0.05) is 30.3 Å². The van der Waals surface area contributed by atoms with Crippen LogP contribution in [0, 0.1) is 0 Å². The molecule has 154 valence electrons. The number of halogens is 2. The van der Waals surface area contributed by atoms with Gasteiger partial charge in [-0.1, -0.05) is 35.3 Å². The third kappa shape index (κ3) is 4.45. The summed E-state index contributed by atoms with van der Waals surface area (Å²) in [6.07, 6.45) is 2.25. The Morgan fingerprint density at radius 3 is 2.70 bits per heavy atom. The summed E-state index contributed by atoms with van der Waals surface area (Å²) in [7, 11) is 0. The molecule has 0 bridgehead atoms. The van der Waals surface area contributed by atoms with Gasteiger partial charge in [-0.15, -0.1) is 0 Å². The highest BCUT2D eigenvalue weighted by Crippen LogP contribution is 2.30. The van der Waals surface area contributed by atoms with E-state index in [4.69, 9.17) is 27.6 Å². The number of hydrogen-bond donors (Lipinski definition) is 1. The van der Waals surface area contributed by atoms with E-state index in [0.717, 1.165) is 12.0 Å². The molecule has 1 aromatic heterocycles. The van der Waals surface area contributed by atoms with E-state index < -0.39 is 5.91 Å². The van der Waals surface area contributed by atoms with Gasteiger partial charge in [-0.05, 0) is 54.4 Å². The smallest absolute Gasteiger partial charge is 0.324 e. The fourth-order valence-corrected chi connectivity index (χ4v) is 3.77. The number of benzene rings is 2. The van der Waals surface area contributed by atoms with Crippen LogP contribution in [0.5, 0.6) is 0 Å². The molecule has 3 aromatic rings. The second-order valence-electron chi connectivity index (χ2n) is 6.93. The van der Waals surface area contributed by atoms with Crippen molar-refractivity contribution in [2.45, 2.75) is 13.0 Å². The molecule has 1 aliphatic rings. The quantitative estimate of drug-likeness (QED) is 0.552. The average molecular weight is 444 g/mol. The molecular formula is C22H19Cl2N3O3. The Morgan fingerprint density at radius 2 is 1.93 bits per heavy atom. The van der Waals surface area contributed by atoms with E-state index in [9.17, 15) is 9.59 Å². The Kier molecular flexibility index (Phi) is 5.97. The predicted octanol–water partition coefficient (Wildman–Crippen LogP) is 5.67. The maximum Gasteiger partial charge on any atom is 0.324 e. The van der Waals surface area contributed by atoms with Crippen LogP contribution in [0.25, 0.3) is 0 Å². The minimum Gasteiger partial charge on any atom is -0.459 e. The Hall–Kier alpha value is -2.96. The van der Waals surface area contributed by atoms with E-state index in [1.165, 1.54) is 6.26 Å². The zero-order chi connectivity index (χ0) is 21.1. The SMILES string of the molecule is O=C(Nc1cc(N2CCCN(Cc3cccc(Cl)c3)C2=O)ccc1Cl)c1ccco1. The molecular weight excluding hydrogens is 425 g/mol. The predicted molar refractivity (Wildman–Crippen MR) is 117 cm³/mol. The molecule has 1 N–H and O–H groups in total. The maximum atomic E-state index is 13.1. The van der Waals surface area contributed by atoms with Crippen LogP contribution in [-0.4, -0.2) is 29.9 Å². The summed E-state index contributed by atoms with van der Waals surface area (Å²) in [6, 6.07) is 15.7. The number of amides is 3. The number of anilines is 2. The van der Waals surface area contributed by atoms with Crippen molar-refractivity contribution in [3.8, 4) is 0 Å². The van der Waals surface area contributed by atoms with Gasteiger partial charge in [0.2, 0.25) is 0 Å². The molecule has 1 fully saturated rings. The number of hydrogen-bond acceptors (Lipinski definition) is 3. The van der Waals surface area contributed by atoms with E-state index in [1.807, 2.05) is 24.3 Å². The van der Waals surface area contributed by atoms with Crippen molar-refractivity contribution in [2.75, 3.05) is 23.3 Å². The average Bonchev–Trinajstić information content (AvgIpc) is 3.26. The highest BCUT2D eigenvalue weighted by Gasteiger charge is 2.27. The zero-order valence-corrected chi connectivity index (χ0v) is 17.5. The Labute approximate surface area is 184 Å². The number of carbonyl (C=O) groups is 2. The molecule has 1 saturated heterocycles. The van der Waals surface area contributed by atoms with Crippen molar-refractivity contribution >= 4 is 46.5 Å². The second kappa shape index (κ2) is 8.81. The Balaban J connectivity index is 1.52. The summed E-state index contributed by atoms with van der Waals surface area (Å²) < 4.78 is 5.11. The van der Waals surface area contributed by atoms with Gasteiger partial charge in [0.25, 0.3) is 5.91 Å². The minimum absolute atomic E-state index is 0.105. The van der Waals surface area contributed by atoms with Gasteiger partial charge < -0.3 is 14.6 Å². The zero-order valence-electron chi connectivity index (χ0n) is 16.0. The monoisotopic (exact) mass is 443 g/mol. The Bertz CT molecular complexity index is 1070. The molecule has 6 nitrogen and oxygen atoms in total. The fourth-order valence-electron chi connectivity index (χ4n) is 3.39. The first-order valence-electron chi connectivity index (χ1n) is 9.46. The molecule has 0 spiro atoms. The molecule has 0 saturated carbocycles. The first kappa shape index (κ1) is 20.3. The van der Waals surface area contributed by atoms with Crippen molar-refractivity contribution in [3.63, 3.8) is 0 Å². The summed E-state index contributed by atoms with van der Waals surface area (Å²) in [5, 5.41) is 3.75. The molecule has 4 rings (SSSR count). The normalized spacial score (nSPS) is 14.1. The van der Waals surface area contributed by atoms with Gasteiger partial charge >= 0.3 is 6.03 Å². The van der Waals surface area contributed by atoms with E-state index >= 15 is 0 Å². The lowest BCUT2D eigenvalue weighted by Gasteiger charge is -2.36. The van der Waals surface area contributed by atoms with E-state index in [0.29, 0.717) is 41.1 Å². The summed E-state index contributed by atoms with van der Waals surface area (Å²) >= 11 is 12.3. The van der Waals surface area contributed by atoms with Crippen LogP contribution in [0.2, 0.25) is 10.0 Å². The van der Waals surface area contributed by atoms with Crippen LogP contribution in [-0.2, 0) is 6.54 Å². The van der Waals surface area contributed by atoms with E-state index in [2.05, 4.69) is 5.32 Å². The van der Waals surface area contributed by atoms with Crippen LogP contribution in [0.3, 0.4) is 0 Å². The maximum absolute atomic E-state index is 13.1. The number of nitrogens with zero attached hydrogens (tertiary/aromatic N) is 2. The van der Waals surface area contributed by atoms with Crippen molar-refractivity contribution in [3.05, 3.63) is 82.2 Å². The van der Waals surface area contributed by atoms with Crippen LogP contribution >= 0.6 is 23.2 Å². The van der Waals surface area contributed by atoms with E-state index in [-0.39, 0.29) is 11.8 Å². The van der Waals surface area contributed by atoms with Crippen molar-refractivity contribution < 1.29 is 14.0 Å². The lowest BCUT2D eigenvalue weighted by Crippen LogP contribution is -2.49. The number of rotatable bonds is 5. The van der Waals surface area contributed by atoms with Gasteiger partial charge in [0.1, 0.15) is 0 Å². The van der Waals surface area contributed by atoms with Gasteiger partial charge in [-0.25, -0.2) is 4.79 Å². The van der Waals surface area contributed by atoms with Gasteiger partial charge in [-0.3, -0.25) is 9.69 Å². The van der Waals surface area contributed by atoms with Crippen molar-refractivity contribution in [1.29, 1.82) is 0 Å². The third-order valence-electron chi connectivity index (χ3n) is 4.83. The largest absolute Gasteiger partial charge is 0.459 e. The number of urea groups is 1. The van der Waals surface area contributed by atoms with Gasteiger partial charge in [0.15, 0.2) is 5.76 Å². The van der Waals surface area contributed by atoms with Gasteiger partial charge in [0.05, 0.1) is 17.0 Å². The standard InChI is InChI=1S/C22H19Cl2N3O3/c23-16-5-1-4-15(12-16)14-26-9-3-10-27(22(26)29)17-7-8-18(24)19(13-17)25-21(28)20-6-2-11-30-20/h1-2,4-8,11-13H,3,9-10,14H2,(H,25,28).